The van der Waals surface area contributed by atoms with E-state index in [0.29, 0.717) is 31.7 Å². The first-order valence-electron chi connectivity index (χ1n) is 14.4. The molecule has 1 unspecified atom stereocenters. The van der Waals surface area contributed by atoms with Crippen LogP contribution in [0.15, 0.2) is 60.7 Å². The third-order valence-corrected chi connectivity index (χ3v) is 8.40. The summed E-state index contributed by atoms with van der Waals surface area (Å²) < 4.78 is 5.79. The number of rotatable bonds is 9. The number of carbonyl (C=O) groups is 2. The molecule has 7 heteroatoms. The van der Waals surface area contributed by atoms with Crippen LogP contribution in [-0.4, -0.2) is 88.6 Å². The predicted octanol–water partition coefficient (Wildman–Crippen LogP) is 3.51. The van der Waals surface area contributed by atoms with Gasteiger partial charge < -0.3 is 19.6 Å². The van der Waals surface area contributed by atoms with E-state index in [1.807, 2.05) is 58.3 Å². The van der Waals surface area contributed by atoms with Crippen molar-refractivity contribution in [3.8, 4) is 5.75 Å². The fraction of sp³-hybridized carbons (Fsp3) is 0.548. The Labute approximate surface area is 226 Å². The van der Waals surface area contributed by atoms with E-state index >= 15 is 0 Å². The minimum absolute atomic E-state index is 0.0192. The first-order valence-corrected chi connectivity index (χ1v) is 14.4. The van der Waals surface area contributed by atoms with Gasteiger partial charge >= 0.3 is 0 Å². The summed E-state index contributed by atoms with van der Waals surface area (Å²) >= 11 is 0. The van der Waals surface area contributed by atoms with E-state index in [2.05, 4.69) is 17.0 Å². The third-order valence-electron chi connectivity index (χ3n) is 8.40. The summed E-state index contributed by atoms with van der Waals surface area (Å²) in [6.45, 7) is 3.23. The van der Waals surface area contributed by atoms with Crippen molar-refractivity contribution in [2.24, 2.45) is 0 Å². The van der Waals surface area contributed by atoms with Crippen molar-refractivity contribution >= 4 is 11.8 Å². The summed E-state index contributed by atoms with van der Waals surface area (Å²) in [5.41, 5.74) is 1.15. The van der Waals surface area contributed by atoms with Crippen LogP contribution in [0.1, 0.15) is 50.5 Å². The summed E-state index contributed by atoms with van der Waals surface area (Å²) in [4.78, 5) is 34.0. The Morgan fingerprint density at radius 3 is 2.21 bits per heavy atom. The number of nitrogens with zero attached hydrogens (tertiary/aromatic N) is 3. The molecule has 2 amide bonds. The van der Waals surface area contributed by atoms with Gasteiger partial charge in [-0.1, -0.05) is 55.0 Å². The molecule has 0 aromatic heterocycles. The van der Waals surface area contributed by atoms with Gasteiger partial charge in [0.25, 0.3) is 0 Å². The Kier molecular flexibility index (Phi) is 8.97. The zero-order valence-corrected chi connectivity index (χ0v) is 22.3. The molecule has 7 nitrogen and oxygen atoms in total. The molecule has 3 aliphatic rings. The Morgan fingerprint density at radius 1 is 0.816 bits per heavy atom. The van der Waals surface area contributed by atoms with E-state index in [4.69, 9.17) is 4.74 Å². The number of hydrogen-bond donors (Lipinski definition) is 1. The van der Waals surface area contributed by atoms with Crippen LogP contribution in [0.2, 0.25) is 0 Å². The topological polar surface area (TPSA) is 73.3 Å². The maximum absolute atomic E-state index is 14.1. The van der Waals surface area contributed by atoms with Gasteiger partial charge in [0.1, 0.15) is 24.5 Å². The smallest absolute Gasteiger partial charge is 0.245 e. The van der Waals surface area contributed by atoms with Gasteiger partial charge in [0.05, 0.1) is 12.1 Å². The first kappa shape index (κ1) is 26.7. The number of aliphatic hydroxyl groups is 1. The molecule has 2 aromatic carbocycles. The summed E-state index contributed by atoms with van der Waals surface area (Å²) in [5.74, 6) is 0.765. The highest BCUT2D eigenvalue weighted by Gasteiger charge is 2.44. The van der Waals surface area contributed by atoms with E-state index in [0.717, 1.165) is 50.8 Å². The first-order chi connectivity index (χ1) is 18.6. The van der Waals surface area contributed by atoms with Crippen molar-refractivity contribution in [2.45, 2.75) is 75.6 Å². The fourth-order valence-electron chi connectivity index (χ4n) is 6.39. The van der Waals surface area contributed by atoms with Gasteiger partial charge in [-0.2, -0.15) is 0 Å². The van der Waals surface area contributed by atoms with Crippen molar-refractivity contribution in [2.75, 3.05) is 32.8 Å². The quantitative estimate of drug-likeness (QED) is 0.549. The number of aliphatic hydroxyl groups excluding tert-OH is 1. The molecule has 0 saturated carbocycles. The van der Waals surface area contributed by atoms with E-state index in [-0.39, 0.29) is 30.5 Å². The Bertz CT molecular complexity index is 1040. The second-order valence-corrected chi connectivity index (χ2v) is 10.9. The molecule has 0 radical (unpaired) electrons. The molecule has 2 aromatic rings. The number of benzene rings is 2. The molecule has 3 fully saturated rings. The Balaban J connectivity index is 1.27. The molecule has 1 N–H and O–H groups in total. The lowest BCUT2D eigenvalue weighted by Gasteiger charge is -2.38. The zero-order chi connectivity index (χ0) is 26.3. The highest BCUT2D eigenvalue weighted by Crippen LogP contribution is 2.29. The van der Waals surface area contributed by atoms with Crippen LogP contribution in [0.25, 0.3) is 0 Å². The van der Waals surface area contributed by atoms with Crippen molar-refractivity contribution in [3.05, 3.63) is 66.2 Å². The Hall–Kier alpha value is -2.90. The van der Waals surface area contributed by atoms with Crippen LogP contribution in [0, 0.1) is 0 Å². The van der Waals surface area contributed by atoms with Gasteiger partial charge in [0.15, 0.2) is 0 Å². The van der Waals surface area contributed by atoms with E-state index in [1.165, 1.54) is 6.42 Å². The number of amides is 2. The second kappa shape index (κ2) is 12.8. The highest BCUT2D eigenvalue weighted by molar-refractivity contribution is 5.91. The maximum Gasteiger partial charge on any atom is 0.245 e. The number of piperidine rings is 1. The van der Waals surface area contributed by atoms with Crippen molar-refractivity contribution in [1.82, 2.24) is 14.7 Å². The second-order valence-electron chi connectivity index (χ2n) is 10.9. The van der Waals surface area contributed by atoms with Crippen LogP contribution < -0.4 is 4.74 Å². The van der Waals surface area contributed by atoms with Crippen LogP contribution in [0.3, 0.4) is 0 Å². The average Bonchev–Trinajstić information content (AvgIpc) is 3.66. The molecule has 3 saturated heterocycles. The molecular weight excluding hydrogens is 478 g/mol. The van der Waals surface area contributed by atoms with Gasteiger partial charge in [0, 0.05) is 13.1 Å². The largest absolute Gasteiger partial charge is 0.491 e. The number of ether oxygens (including phenoxy) is 1. The average molecular weight is 520 g/mol. The Morgan fingerprint density at radius 2 is 1.47 bits per heavy atom. The predicted molar refractivity (Wildman–Crippen MR) is 147 cm³/mol. The number of carbonyl (C=O) groups excluding carboxylic acids is 2. The summed E-state index contributed by atoms with van der Waals surface area (Å²) in [5, 5.41) is 11.0. The van der Waals surface area contributed by atoms with E-state index < -0.39 is 12.1 Å². The number of para-hydroxylation sites is 1. The summed E-state index contributed by atoms with van der Waals surface area (Å²) in [7, 11) is 0. The number of likely N-dealkylation sites (tertiary alicyclic amines) is 3. The van der Waals surface area contributed by atoms with Crippen LogP contribution in [0.5, 0.6) is 5.75 Å². The van der Waals surface area contributed by atoms with Crippen LogP contribution in [0.4, 0.5) is 0 Å². The van der Waals surface area contributed by atoms with Gasteiger partial charge in [-0.25, -0.2) is 0 Å². The minimum Gasteiger partial charge on any atom is -0.491 e. The van der Waals surface area contributed by atoms with Gasteiger partial charge in [0.2, 0.25) is 11.8 Å². The van der Waals surface area contributed by atoms with Crippen molar-refractivity contribution in [1.29, 1.82) is 0 Å². The molecule has 38 heavy (non-hydrogen) atoms. The lowest BCUT2D eigenvalue weighted by Crippen LogP contribution is -2.57. The molecule has 3 heterocycles. The minimum atomic E-state index is -0.772. The molecule has 5 rings (SSSR count). The monoisotopic (exact) mass is 519 g/mol. The van der Waals surface area contributed by atoms with Gasteiger partial charge in [-0.15, -0.1) is 0 Å². The van der Waals surface area contributed by atoms with Crippen molar-refractivity contribution in [3.63, 3.8) is 0 Å². The molecule has 204 valence electrons. The van der Waals surface area contributed by atoms with E-state index in [1.54, 1.807) is 0 Å². The third kappa shape index (κ3) is 6.21. The zero-order valence-electron chi connectivity index (χ0n) is 22.3. The van der Waals surface area contributed by atoms with E-state index in [9.17, 15) is 14.7 Å². The molecule has 3 aliphatic heterocycles. The highest BCUT2D eigenvalue weighted by atomic mass is 16.5. The molecule has 4 atom stereocenters. The fourth-order valence-corrected chi connectivity index (χ4v) is 6.39. The maximum atomic E-state index is 14.1. The molecule has 0 spiro atoms. The molecule has 0 aliphatic carbocycles. The molecule has 0 bridgehead atoms. The SMILES string of the molecule is O=C([C@H](Cc1ccccc1)N1CCCCC1)N1CCC[C@@H]1C(=O)N1CCC[C@H]1C(O)COc1ccccc1. The van der Waals surface area contributed by atoms with Gasteiger partial charge in [-0.3, -0.25) is 14.5 Å². The van der Waals surface area contributed by atoms with Crippen LogP contribution in [-0.2, 0) is 16.0 Å². The lowest BCUT2D eigenvalue weighted by atomic mass is 9.99. The normalized spacial score (nSPS) is 23.8. The summed E-state index contributed by atoms with van der Waals surface area (Å²) in [6.07, 6.45) is 6.44. The lowest BCUT2D eigenvalue weighted by molar-refractivity contribution is -0.148. The summed E-state index contributed by atoms with van der Waals surface area (Å²) in [6, 6.07) is 18.7. The van der Waals surface area contributed by atoms with Gasteiger partial charge in [-0.05, 0) is 75.7 Å². The van der Waals surface area contributed by atoms with Crippen molar-refractivity contribution < 1.29 is 19.4 Å². The van der Waals surface area contributed by atoms with Crippen LogP contribution >= 0.6 is 0 Å². The number of hydrogen-bond acceptors (Lipinski definition) is 5. The standard InChI is InChI=1S/C31H41N3O4/c35-29(23-38-25-14-6-2-7-15-25)26-16-10-20-33(26)30(36)27-17-11-21-34(27)31(37)28(32-18-8-3-9-19-32)22-24-12-4-1-5-13-24/h1-2,4-7,12-15,26-29,35H,3,8-11,16-23H2/t26-,27+,28-,29?/m0/s1. The molecular formula is C31H41N3O4.